The summed E-state index contributed by atoms with van der Waals surface area (Å²) in [7, 11) is 0. The third-order valence-corrected chi connectivity index (χ3v) is 3.11. The lowest BCUT2D eigenvalue weighted by Crippen LogP contribution is -2.37. The van der Waals surface area contributed by atoms with Gasteiger partial charge >= 0.3 is 6.18 Å². The lowest BCUT2D eigenvalue weighted by molar-refractivity contribution is -0.141. The van der Waals surface area contributed by atoms with E-state index in [9.17, 15) is 13.2 Å². The molecule has 2 N–H and O–H groups in total. The second-order valence-corrected chi connectivity index (χ2v) is 6.01. The summed E-state index contributed by atoms with van der Waals surface area (Å²) in [6, 6.07) is 2.19. The minimum Gasteiger partial charge on any atom is -0.389 e. The van der Waals surface area contributed by atoms with Crippen molar-refractivity contribution in [1.29, 1.82) is 0 Å². The van der Waals surface area contributed by atoms with Crippen LogP contribution < -0.4 is 10.6 Å². The molecule has 0 fully saturated rings. The van der Waals surface area contributed by atoms with Gasteiger partial charge in [0.05, 0.1) is 5.56 Å². The van der Waals surface area contributed by atoms with Gasteiger partial charge in [-0.1, -0.05) is 26.1 Å². The van der Waals surface area contributed by atoms with Gasteiger partial charge in [0.1, 0.15) is 16.5 Å². The molecular weight excluding hydrogens is 299 g/mol. The van der Waals surface area contributed by atoms with Crippen molar-refractivity contribution in [1.82, 2.24) is 4.98 Å². The molecule has 1 aromatic rings. The maximum Gasteiger partial charge on any atom is 0.433 e. The number of nitrogens with zero attached hydrogens (tertiary/aromatic N) is 2. The Hall–Kier alpha value is -1.37. The van der Waals surface area contributed by atoms with Crippen LogP contribution in [0.1, 0.15) is 39.0 Å². The quantitative estimate of drug-likeness (QED) is 0.842. The third-order valence-electron chi connectivity index (χ3n) is 2.89. The zero-order chi connectivity index (χ0) is 16.4. The van der Waals surface area contributed by atoms with Gasteiger partial charge in [-0.05, 0) is 31.9 Å². The molecule has 0 bridgehead atoms. The largest absolute Gasteiger partial charge is 0.433 e. The normalized spacial score (nSPS) is 12.0. The molecule has 118 valence electrons. The lowest BCUT2D eigenvalue weighted by Gasteiger charge is -2.31. The van der Waals surface area contributed by atoms with E-state index in [0.717, 1.165) is 6.07 Å². The summed E-state index contributed by atoms with van der Waals surface area (Å²) in [4.78, 5) is 5.62. The summed E-state index contributed by atoms with van der Waals surface area (Å²) in [6.07, 6.45) is -4.50. The zero-order valence-electron chi connectivity index (χ0n) is 12.5. The molecule has 0 aliphatic carbocycles. The van der Waals surface area contributed by atoms with Gasteiger partial charge in [-0.2, -0.15) is 13.2 Å². The number of hydrogen-bond donors (Lipinski definition) is 1. The van der Waals surface area contributed by atoms with Crippen LogP contribution in [0.15, 0.2) is 12.1 Å². The fraction of sp³-hybridized carbons (Fsp3) is 0.571. The number of thiocarbonyl (C=S) groups is 1. The Morgan fingerprint density at radius 1 is 1.29 bits per heavy atom. The summed E-state index contributed by atoms with van der Waals surface area (Å²) in [5, 5.41) is 0. The first-order valence-electron chi connectivity index (χ1n) is 6.68. The molecule has 0 saturated heterocycles. The van der Waals surface area contributed by atoms with Crippen LogP contribution in [0.2, 0.25) is 0 Å². The maximum absolute atomic E-state index is 12.9. The summed E-state index contributed by atoms with van der Waals surface area (Å²) >= 11 is 4.94. The van der Waals surface area contributed by atoms with Gasteiger partial charge < -0.3 is 10.6 Å². The Bertz CT molecular complexity index is 513. The highest BCUT2D eigenvalue weighted by Crippen LogP contribution is 2.31. The SMILES string of the molecule is CC(C)CN(c1nc(C(F)(F)F)ccc1C(N)=S)C(C)C. The number of pyridine rings is 1. The van der Waals surface area contributed by atoms with E-state index < -0.39 is 11.9 Å². The van der Waals surface area contributed by atoms with Gasteiger partial charge in [-0.3, -0.25) is 0 Å². The second kappa shape index (κ2) is 6.60. The topological polar surface area (TPSA) is 42.2 Å². The van der Waals surface area contributed by atoms with Gasteiger partial charge in [0.15, 0.2) is 0 Å². The Morgan fingerprint density at radius 3 is 2.24 bits per heavy atom. The van der Waals surface area contributed by atoms with Crippen molar-refractivity contribution < 1.29 is 13.2 Å². The number of anilines is 1. The van der Waals surface area contributed by atoms with Crippen molar-refractivity contribution >= 4 is 23.0 Å². The maximum atomic E-state index is 12.9. The summed E-state index contributed by atoms with van der Waals surface area (Å²) in [5.74, 6) is 0.462. The Labute approximate surface area is 128 Å². The summed E-state index contributed by atoms with van der Waals surface area (Å²) in [5.41, 5.74) is 5.06. The van der Waals surface area contributed by atoms with E-state index in [4.69, 9.17) is 18.0 Å². The van der Waals surface area contributed by atoms with Crippen LogP contribution in [0.25, 0.3) is 0 Å². The van der Waals surface area contributed by atoms with E-state index in [-0.39, 0.29) is 22.8 Å². The van der Waals surface area contributed by atoms with Crippen molar-refractivity contribution in [2.75, 3.05) is 11.4 Å². The molecule has 1 aromatic heterocycles. The minimum atomic E-state index is -4.50. The number of hydrogen-bond acceptors (Lipinski definition) is 3. The molecule has 0 saturated carbocycles. The fourth-order valence-electron chi connectivity index (χ4n) is 1.95. The minimum absolute atomic E-state index is 0.0171. The first-order valence-corrected chi connectivity index (χ1v) is 7.09. The highest BCUT2D eigenvalue weighted by atomic mass is 32.1. The highest BCUT2D eigenvalue weighted by Gasteiger charge is 2.34. The van der Waals surface area contributed by atoms with E-state index in [1.807, 2.05) is 27.7 Å². The standard InChI is InChI=1S/C14H20F3N3S/c1-8(2)7-20(9(3)4)13-10(12(18)21)5-6-11(19-13)14(15,16)17/h5-6,8-9H,7H2,1-4H3,(H2,18,21). The number of alkyl halides is 3. The van der Waals surface area contributed by atoms with E-state index in [1.54, 1.807) is 4.90 Å². The predicted octanol–water partition coefficient (Wildman–Crippen LogP) is 3.61. The molecule has 0 aliphatic rings. The molecule has 0 amide bonds. The first kappa shape index (κ1) is 17.7. The van der Waals surface area contributed by atoms with Crippen molar-refractivity contribution in [2.45, 2.75) is 39.9 Å². The zero-order valence-corrected chi connectivity index (χ0v) is 13.3. The van der Waals surface area contributed by atoms with Crippen LogP contribution in [0, 0.1) is 5.92 Å². The average Bonchev–Trinajstić information content (AvgIpc) is 2.33. The van der Waals surface area contributed by atoms with E-state index in [1.165, 1.54) is 6.07 Å². The molecule has 0 atom stereocenters. The average molecular weight is 319 g/mol. The van der Waals surface area contributed by atoms with Crippen LogP contribution in [0.4, 0.5) is 19.0 Å². The van der Waals surface area contributed by atoms with Crippen LogP contribution >= 0.6 is 12.2 Å². The van der Waals surface area contributed by atoms with Crippen LogP contribution in [0.3, 0.4) is 0 Å². The molecule has 21 heavy (non-hydrogen) atoms. The molecule has 0 spiro atoms. The molecule has 1 heterocycles. The van der Waals surface area contributed by atoms with Crippen molar-refractivity contribution in [3.63, 3.8) is 0 Å². The van der Waals surface area contributed by atoms with Crippen molar-refractivity contribution in [3.05, 3.63) is 23.4 Å². The molecule has 0 unspecified atom stereocenters. The van der Waals surface area contributed by atoms with Crippen LogP contribution in [-0.4, -0.2) is 22.6 Å². The number of halogens is 3. The van der Waals surface area contributed by atoms with Gasteiger partial charge in [0.25, 0.3) is 0 Å². The number of aromatic nitrogens is 1. The number of rotatable bonds is 5. The molecule has 1 rings (SSSR count). The molecule has 0 radical (unpaired) electrons. The predicted molar refractivity (Wildman–Crippen MR) is 82.4 cm³/mol. The van der Waals surface area contributed by atoms with Crippen LogP contribution in [-0.2, 0) is 6.18 Å². The summed E-state index contributed by atoms with van der Waals surface area (Å²) in [6.45, 7) is 8.34. The second-order valence-electron chi connectivity index (χ2n) is 5.57. The lowest BCUT2D eigenvalue weighted by atomic mass is 10.1. The fourth-order valence-corrected chi connectivity index (χ4v) is 2.11. The first-order chi connectivity index (χ1) is 9.54. The Morgan fingerprint density at radius 2 is 1.86 bits per heavy atom. The molecule has 3 nitrogen and oxygen atoms in total. The third kappa shape index (κ3) is 4.56. The van der Waals surface area contributed by atoms with E-state index in [2.05, 4.69) is 4.98 Å². The van der Waals surface area contributed by atoms with E-state index >= 15 is 0 Å². The van der Waals surface area contributed by atoms with Gasteiger partial charge in [-0.25, -0.2) is 4.98 Å². The van der Waals surface area contributed by atoms with Crippen LogP contribution in [0.5, 0.6) is 0 Å². The molecular formula is C14H20F3N3S. The smallest absolute Gasteiger partial charge is 0.389 e. The highest BCUT2D eigenvalue weighted by molar-refractivity contribution is 7.80. The molecule has 0 aliphatic heterocycles. The summed E-state index contributed by atoms with van der Waals surface area (Å²) < 4.78 is 38.6. The Kier molecular flexibility index (Phi) is 5.55. The number of nitrogens with two attached hydrogens (primary N) is 1. The van der Waals surface area contributed by atoms with Gasteiger partial charge in [-0.15, -0.1) is 0 Å². The van der Waals surface area contributed by atoms with Gasteiger partial charge in [0.2, 0.25) is 0 Å². The van der Waals surface area contributed by atoms with Crippen molar-refractivity contribution in [2.24, 2.45) is 11.7 Å². The van der Waals surface area contributed by atoms with Crippen molar-refractivity contribution in [3.8, 4) is 0 Å². The van der Waals surface area contributed by atoms with E-state index in [0.29, 0.717) is 12.1 Å². The molecule has 7 heteroatoms. The Balaban J connectivity index is 3.43. The monoisotopic (exact) mass is 319 g/mol. The molecule has 0 aromatic carbocycles. The van der Waals surface area contributed by atoms with Gasteiger partial charge in [0, 0.05) is 12.6 Å².